The highest BCUT2D eigenvalue weighted by atomic mass is 16.5. The van der Waals surface area contributed by atoms with Gasteiger partial charge in [-0.2, -0.15) is 0 Å². The molecule has 2 aromatic carbocycles. The number of aliphatic hydroxyl groups excluding tert-OH is 1. The fraction of sp³-hybridized carbons (Fsp3) is 0.250. The van der Waals surface area contributed by atoms with Crippen LogP contribution in [0, 0.1) is 0 Å². The number of benzene rings is 2. The van der Waals surface area contributed by atoms with Gasteiger partial charge in [-0.05, 0) is 48.1 Å². The predicted octanol–water partition coefficient (Wildman–Crippen LogP) is 4.36. The molecule has 4 heteroatoms. The number of carbonyl (C=O) groups excluding carboxylic acids is 1. The smallest absolute Gasteiger partial charge is 0.411 e. The first-order valence-corrected chi connectivity index (χ1v) is 8.16. The fourth-order valence-electron chi connectivity index (χ4n) is 2.73. The Morgan fingerprint density at radius 2 is 1.88 bits per heavy atom. The van der Waals surface area contributed by atoms with Crippen molar-refractivity contribution in [3.8, 4) is 0 Å². The topological polar surface area (TPSA) is 58.6 Å². The van der Waals surface area contributed by atoms with Gasteiger partial charge in [0.25, 0.3) is 0 Å². The molecular formula is C20H21NO3. The van der Waals surface area contributed by atoms with Gasteiger partial charge in [-0.3, -0.25) is 5.32 Å². The predicted molar refractivity (Wildman–Crippen MR) is 94.5 cm³/mol. The molecule has 1 aliphatic rings. The Hall–Kier alpha value is -2.59. The van der Waals surface area contributed by atoms with Gasteiger partial charge in [0.15, 0.2) is 0 Å². The van der Waals surface area contributed by atoms with E-state index in [9.17, 15) is 9.90 Å². The van der Waals surface area contributed by atoms with Crippen molar-refractivity contribution in [2.75, 3.05) is 5.32 Å². The molecule has 1 unspecified atom stereocenters. The number of hydrogen-bond donors (Lipinski definition) is 2. The first kappa shape index (κ1) is 16.3. The minimum atomic E-state index is -0.466. The molecule has 0 spiro atoms. The van der Waals surface area contributed by atoms with Gasteiger partial charge in [0.1, 0.15) is 6.61 Å². The highest BCUT2D eigenvalue weighted by Gasteiger charge is 2.12. The lowest BCUT2D eigenvalue weighted by Gasteiger charge is -2.17. The van der Waals surface area contributed by atoms with Gasteiger partial charge < -0.3 is 9.84 Å². The molecule has 0 aliphatic heterocycles. The average Bonchev–Trinajstić information content (AvgIpc) is 2.62. The number of ether oxygens (including phenoxy) is 1. The zero-order valence-electron chi connectivity index (χ0n) is 13.4. The van der Waals surface area contributed by atoms with Gasteiger partial charge >= 0.3 is 6.09 Å². The van der Waals surface area contributed by atoms with Crippen LogP contribution >= 0.6 is 0 Å². The van der Waals surface area contributed by atoms with E-state index in [-0.39, 0.29) is 12.7 Å². The molecule has 0 fully saturated rings. The molecule has 0 saturated carbocycles. The first-order chi connectivity index (χ1) is 11.7. The summed E-state index contributed by atoms with van der Waals surface area (Å²) in [7, 11) is 0. The normalized spacial score (nSPS) is 17.0. The lowest BCUT2D eigenvalue weighted by Crippen LogP contribution is -2.13. The summed E-state index contributed by atoms with van der Waals surface area (Å²) >= 11 is 0. The average molecular weight is 323 g/mol. The molecule has 24 heavy (non-hydrogen) atoms. The number of amides is 1. The second-order valence-corrected chi connectivity index (χ2v) is 5.92. The summed E-state index contributed by atoms with van der Waals surface area (Å²) in [6.07, 6.45) is 3.80. The third-order valence-corrected chi connectivity index (χ3v) is 4.10. The van der Waals surface area contributed by atoms with E-state index in [4.69, 9.17) is 4.74 Å². The molecule has 1 atom stereocenters. The quantitative estimate of drug-likeness (QED) is 0.878. The maximum atomic E-state index is 11.8. The van der Waals surface area contributed by atoms with Crippen molar-refractivity contribution >= 4 is 17.4 Å². The third kappa shape index (κ3) is 4.46. The van der Waals surface area contributed by atoms with Crippen molar-refractivity contribution in [2.45, 2.75) is 32.0 Å². The SMILES string of the molecule is O=C(Nc1ccc(C2=CCC(O)CC2)cc1)OCc1ccccc1. The number of hydrogen-bond acceptors (Lipinski definition) is 3. The summed E-state index contributed by atoms with van der Waals surface area (Å²) in [6.45, 7) is 0.250. The van der Waals surface area contributed by atoms with Gasteiger partial charge in [-0.15, -0.1) is 0 Å². The van der Waals surface area contributed by atoms with Crippen LogP contribution in [0.1, 0.15) is 30.4 Å². The molecule has 0 heterocycles. The van der Waals surface area contributed by atoms with Crippen LogP contribution in [-0.4, -0.2) is 17.3 Å². The van der Waals surface area contributed by atoms with E-state index >= 15 is 0 Å². The summed E-state index contributed by atoms with van der Waals surface area (Å²) in [5, 5.41) is 12.3. The van der Waals surface area contributed by atoms with Crippen LogP contribution in [0.5, 0.6) is 0 Å². The molecule has 1 amide bonds. The van der Waals surface area contributed by atoms with Crippen LogP contribution in [0.15, 0.2) is 60.7 Å². The Morgan fingerprint density at radius 1 is 1.12 bits per heavy atom. The Labute approximate surface area is 141 Å². The summed E-state index contributed by atoms with van der Waals surface area (Å²) in [6, 6.07) is 17.3. The summed E-state index contributed by atoms with van der Waals surface area (Å²) < 4.78 is 5.20. The molecule has 0 saturated heterocycles. The Kier molecular flexibility index (Phi) is 5.29. The molecule has 0 radical (unpaired) electrons. The van der Waals surface area contributed by atoms with Crippen LogP contribution in [0.4, 0.5) is 10.5 Å². The number of rotatable bonds is 4. The number of anilines is 1. The number of carbonyl (C=O) groups is 1. The van der Waals surface area contributed by atoms with E-state index in [2.05, 4.69) is 11.4 Å². The largest absolute Gasteiger partial charge is 0.444 e. The molecule has 0 bridgehead atoms. The lowest BCUT2D eigenvalue weighted by atomic mass is 9.92. The number of allylic oxidation sites excluding steroid dienone is 1. The third-order valence-electron chi connectivity index (χ3n) is 4.10. The van der Waals surface area contributed by atoms with E-state index < -0.39 is 6.09 Å². The molecule has 0 aromatic heterocycles. The highest BCUT2D eigenvalue weighted by molar-refractivity contribution is 5.85. The van der Waals surface area contributed by atoms with Gasteiger partial charge in [0.2, 0.25) is 0 Å². The summed E-state index contributed by atoms with van der Waals surface area (Å²) in [5.74, 6) is 0. The van der Waals surface area contributed by atoms with Crippen LogP contribution < -0.4 is 5.32 Å². The number of aliphatic hydroxyl groups is 1. The molecule has 3 rings (SSSR count). The van der Waals surface area contributed by atoms with Crippen LogP contribution in [0.3, 0.4) is 0 Å². The van der Waals surface area contributed by atoms with Crippen LogP contribution in [0.25, 0.3) is 5.57 Å². The first-order valence-electron chi connectivity index (χ1n) is 8.16. The molecule has 1 aliphatic carbocycles. The monoisotopic (exact) mass is 323 g/mol. The molecule has 124 valence electrons. The summed E-state index contributed by atoms with van der Waals surface area (Å²) in [5.41, 5.74) is 4.03. The maximum absolute atomic E-state index is 11.8. The second-order valence-electron chi connectivity index (χ2n) is 5.92. The Morgan fingerprint density at radius 3 is 2.54 bits per heavy atom. The Bertz CT molecular complexity index is 707. The van der Waals surface area contributed by atoms with E-state index in [1.807, 2.05) is 54.6 Å². The lowest BCUT2D eigenvalue weighted by molar-refractivity contribution is 0.155. The molecule has 2 N–H and O–H groups in total. The minimum absolute atomic E-state index is 0.214. The van der Waals surface area contributed by atoms with Gasteiger partial charge in [-0.1, -0.05) is 48.5 Å². The van der Waals surface area contributed by atoms with Crippen molar-refractivity contribution in [1.82, 2.24) is 0 Å². The van der Waals surface area contributed by atoms with Gasteiger partial charge in [0, 0.05) is 5.69 Å². The highest BCUT2D eigenvalue weighted by Crippen LogP contribution is 2.27. The van der Waals surface area contributed by atoms with Crippen molar-refractivity contribution < 1.29 is 14.6 Å². The van der Waals surface area contributed by atoms with Crippen molar-refractivity contribution in [3.05, 3.63) is 71.8 Å². The van der Waals surface area contributed by atoms with Crippen LogP contribution in [-0.2, 0) is 11.3 Å². The standard InChI is InChI=1S/C20H21NO3/c22-19-12-8-17(9-13-19)16-6-10-18(11-7-16)21-20(23)24-14-15-4-2-1-3-5-15/h1-8,10-11,19,22H,9,12-14H2,(H,21,23). The van der Waals surface area contributed by atoms with Crippen molar-refractivity contribution in [2.24, 2.45) is 0 Å². The Balaban J connectivity index is 1.53. The second kappa shape index (κ2) is 7.79. The fourth-order valence-corrected chi connectivity index (χ4v) is 2.73. The van der Waals surface area contributed by atoms with E-state index in [1.165, 1.54) is 5.57 Å². The molecule has 2 aromatic rings. The maximum Gasteiger partial charge on any atom is 0.411 e. The van der Waals surface area contributed by atoms with Gasteiger partial charge in [-0.25, -0.2) is 4.79 Å². The van der Waals surface area contributed by atoms with E-state index in [1.54, 1.807) is 0 Å². The van der Waals surface area contributed by atoms with E-state index in [0.717, 1.165) is 24.0 Å². The zero-order chi connectivity index (χ0) is 16.8. The van der Waals surface area contributed by atoms with Crippen molar-refractivity contribution in [1.29, 1.82) is 0 Å². The minimum Gasteiger partial charge on any atom is -0.444 e. The number of nitrogens with one attached hydrogen (secondary N) is 1. The van der Waals surface area contributed by atoms with Crippen molar-refractivity contribution in [3.63, 3.8) is 0 Å². The zero-order valence-corrected chi connectivity index (χ0v) is 13.4. The van der Waals surface area contributed by atoms with Gasteiger partial charge in [0.05, 0.1) is 6.10 Å². The summed E-state index contributed by atoms with van der Waals surface area (Å²) in [4.78, 5) is 11.8. The molecule has 4 nitrogen and oxygen atoms in total. The molecular weight excluding hydrogens is 302 g/mol. The van der Waals surface area contributed by atoms with E-state index in [0.29, 0.717) is 12.1 Å². The van der Waals surface area contributed by atoms with Crippen LogP contribution in [0.2, 0.25) is 0 Å².